The Morgan fingerprint density at radius 1 is 1.16 bits per heavy atom. The Labute approximate surface area is 152 Å². The second kappa shape index (κ2) is 7.27. The van der Waals surface area contributed by atoms with Crippen molar-refractivity contribution in [2.75, 3.05) is 42.6 Å². The van der Waals surface area contributed by atoms with Crippen molar-refractivity contribution in [2.45, 2.75) is 39.2 Å². The summed E-state index contributed by atoms with van der Waals surface area (Å²) in [6.07, 6.45) is 0.756. The van der Waals surface area contributed by atoms with Gasteiger partial charge in [0.05, 0.1) is 5.69 Å². The number of carbonyl (C=O) groups excluding carboxylic acids is 1. The van der Waals surface area contributed by atoms with E-state index in [-0.39, 0.29) is 11.7 Å². The summed E-state index contributed by atoms with van der Waals surface area (Å²) in [7, 11) is 0. The minimum Gasteiger partial charge on any atom is -0.444 e. The molecule has 2 aliphatic rings. The Kier molecular flexibility index (Phi) is 5.27. The third-order valence-corrected chi connectivity index (χ3v) is 5.24. The highest BCUT2D eigenvalue weighted by Crippen LogP contribution is 2.18. The highest BCUT2D eigenvalue weighted by Gasteiger charge is 2.26. The van der Waals surface area contributed by atoms with Crippen molar-refractivity contribution in [3.05, 3.63) is 21.6 Å². The molecule has 0 atom stereocenters. The molecule has 1 saturated heterocycles. The third kappa shape index (κ3) is 4.48. The molecule has 0 spiro atoms. The maximum atomic E-state index is 12.5. The van der Waals surface area contributed by atoms with Crippen LogP contribution in [0.15, 0.2) is 4.79 Å². The van der Waals surface area contributed by atoms with Gasteiger partial charge in [-0.1, -0.05) is 0 Å². The maximum absolute atomic E-state index is 12.5. The Morgan fingerprint density at radius 3 is 2.52 bits per heavy atom. The zero-order valence-corrected chi connectivity index (χ0v) is 15.9. The van der Waals surface area contributed by atoms with Gasteiger partial charge < -0.3 is 14.5 Å². The van der Waals surface area contributed by atoms with Crippen LogP contribution in [0, 0.1) is 0 Å². The van der Waals surface area contributed by atoms with Crippen molar-refractivity contribution in [1.29, 1.82) is 0 Å². The summed E-state index contributed by atoms with van der Waals surface area (Å²) in [6, 6.07) is 0. The molecular weight excluding hydrogens is 340 g/mol. The van der Waals surface area contributed by atoms with Crippen LogP contribution in [0.25, 0.3) is 0 Å². The van der Waals surface area contributed by atoms with Gasteiger partial charge in [-0.05, 0) is 27.2 Å². The number of aromatic amines is 1. The van der Waals surface area contributed by atoms with Crippen LogP contribution in [0.1, 0.15) is 32.0 Å². The first kappa shape index (κ1) is 18.1. The molecule has 1 N–H and O–H groups in total. The predicted molar refractivity (Wildman–Crippen MR) is 99.6 cm³/mol. The van der Waals surface area contributed by atoms with Crippen LogP contribution < -0.4 is 10.5 Å². The van der Waals surface area contributed by atoms with Crippen molar-refractivity contribution in [3.63, 3.8) is 0 Å². The normalized spacial score (nSPS) is 18.5. The van der Waals surface area contributed by atoms with Crippen LogP contribution in [0.4, 0.5) is 10.7 Å². The number of nitrogens with one attached hydrogen (secondary N) is 1. The molecule has 0 unspecified atom stereocenters. The number of H-pyrrole nitrogens is 1. The number of hydrogen-bond donors (Lipinski definition) is 1. The topological polar surface area (TPSA) is 78.5 Å². The minimum absolute atomic E-state index is 0.0794. The van der Waals surface area contributed by atoms with Crippen molar-refractivity contribution >= 4 is 23.8 Å². The number of ether oxygens (including phenoxy) is 1. The van der Waals surface area contributed by atoms with Crippen LogP contribution in [-0.2, 0) is 17.6 Å². The quantitative estimate of drug-likeness (QED) is 0.814. The summed E-state index contributed by atoms with van der Waals surface area (Å²) in [5, 5.41) is 0. The van der Waals surface area contributed by atoms with Gasteiger partial charge in [0.2, 0.25) is 5.95 Å². The van der Waals surface area contributed by atoms with Gasteiger partial charge in [0, 0.05) is 49.7 Å². The summed E-state index contributed by atoms with van der Waals surface area (Å²) in [5.74, 6) is 2.76. The first-order chi connectivity index (χ1) is 11.8. The molecule has 8 heteroatoms. The number of rotatable bonds is 1. The van der Waals surface area contributed by atoms with E-state index in [4.69, 9.17) is 9.72 Å². The first-order valence-corrected chi connectivity index (χ1v) is 9.91. The van der Waals surface area contributed by atoms with Gasteiger partial charge in [-0.2, -0.15) is 11.8 Å². The van der Waals surface area contributed by atoms with Gasteiger partial charge in [0.25, 0.3) is 5.56 Å². The molecule has 0 aromatic carbocycles. The van der Waals surface area contributed by atoms with E-state index in [1.165, 1.54) is 0 Å². The molecule has 138 valence electrons. The first-order valence-electron chi connectivity index (χ1n) is 8.76. The van der Waals surface area contributed by atoms with E-state index >= 15 is 0 Å². The number of carbonyl (C=O) groups is 1. The summed E-state index contributed by atoms with van der Waals surface area (Å²) in [4.78, 5) is 36.3. The fourth-order valence-corrected chi connectivity index (χ4v) is 3.93. The lowest BCUT2D eigenvalue weighted by molar-refractivity contribution is 0.0258. The van der Waals surface area contributed by atoms with Crippen molar-refractivity contribution < 1.29 is 9.53 Å². The van der Waals surface area contributed by atoms with Crippen molar-refractivity contribution in [1.82, 2.24) is 14.9 Å². The number of aromatic nitrogens is 2. The number of nitrogens with zero attached hydrogens (tertiary/aromatic N) is 3. The van der Waals surface area contributed by atoms with Crippen LogP contribution in [-0.4, -0.2) is 64.2 Å². The maximum Gasteiger partial charge on any atom is 0.410 e. The molecule has 0 aliphatic carbocycles. The van der Waals surface area contributed by atoms with Gasteiger partial charge in [-0.25, -0.2) is 9.78 Å². The summed E-state index contributed by atoms with van der Waals surface area (Å²) < 4.78 is 5.45. The number of thioether (sulfide) groups is 1. The van der Waals surface area contributed by atoms with Gasteiger partial charge in [0.15, 0.2) is 0 Å². The van der Waals surface area contributed by atoms with Crippen molar-refractivity contribution in [3.8, 4) is 0 Å². The molecule has 7 nitrogen and oxygen atoms in total. The summed E-state index contributed by atoms with van der Waals surface area (Å²) >= 11 is 1.92. The highest BCUT2D eigenvalue weighted by molar-refractivity contribution is 7.99. The molecule has 2 aliphatic heterocycles. The summed E-state index contributed by atoms with van der Waals surface area (Å²) in [6.45, 7) is 8.36. The molecule has 1 aromatic rings. The van der Waals surface area contributed by atoms with Gasteiger partial charge in [0.1, 0.15) is 5.60 Å². The molecule has 1 aromatic heterocycles. The monoisotopic (exact) mass is 366 g/mol. The molecule has 3 heterocycles. The van der Waals surface area contributed by atoms with E-state index in [9.17, 15) is 9.59 Å². The van der Waals surface area contributed by atoms with Gasteiger partial charge in [-0.3, -0.25) is 9.78 Å². The molecular formula is C17H26N4O3S. The lowest BCUT2D eigenvalue weighted by Crippen LogP contribution is -2.38. The average molecular weight is 366 g/mol. The van der Waals surface area contributed by atoms with Crippen molar-refractivity contribution in [2.24, 2.45) is 0 Å². The Balaban J connectivity index is 1.76. The molecule has 1 fully saturated rings. The third-order valence-electron chi connectivity index (χ3n) is 4.30. The zero-order chi connectivity index (χ0) is 18.0. The summed E-state index contributed by atoms with van der Waals surface area (Å²) in [5.41, 5.74) is 0.902. The van der Waals surface area contributed by atoms with Crippen LogP contribution in [0.2, 0.25) is 0 Å². The van der Waals surface area contributed by atoms with E-state index in [1.54, 1.807) is 4.90 Å². The molecule has 0 saturated carbocycles. The molecule has 25 heavy (non-hydrogen) atoms. The fraction of sp³-hybridized carbons (Fsp3) is 0.706. The van der Waals surface area contributed by atoms with Gasteiger partial charge in [-0.15, -0.1) is 0 Å². The van der Waals surface area contributed by atoms with E-state index in [2.05, 4.69) is 9.88 Å². The van der Waals surface area contributed by atoms with E-state index < -0.39 is 5.60 Å². The largest absolute Gasteiger partial charge is 0.444 e. The standard InChI is InChI=1S/C17H26N4O3S/c1-17(2,3)24-16(23)21-6-4-12-13(5-7-21)18-15(19-14(12)22)20-8-10-25-11-9-20/h4-11H2,1-3H3,(H,18,19,22). The highest BCUT2D eigenvalue weighted by atomic mass is 32.2. The van der Waals surface area contributed by atoms with Gasteiger partial charge >= 0.3 is 6.09 Å². The second-order valence-electron chi connectivity index (χ2n) is 7.38. The molecule has 0 bridgehead atoms. The molecule has 0 radical (unpaired) electrons. The lowest BCUT2D eigenvalue weighted by atomic mass is 10.1. The SMILES string of the molecule is CC(C)(C)OC(=O)N1CCc2nc(N3CCSCC3)[nH]c(=O)c2CC1. The Hall–Kier alpha value is -1.70. The number of anilines is 1. The van der Waals surface area contributed by atoms with E-state index in [1.807, 2.05) is 32.5 Å². The van der Waals surface area contributed by atoms with Crippen LogP contribution >= 0.6 is 11.8 Å². The van der Waals surface area contributed by atoms with E-state index in [0.717, 1.165) is 30.3 Å². The smallest absolute Gasteiger partial charge is 0.410 e. The Morgan fingerprint density at radius 2 is 1.84 bits per heavy atom. The minimum atomic E-state index is -0.522. The lowest BCUT2D eigenvalue weighted by Gasteiger charge is -2.27. The molecule has 1 amide bonds. The average Bonchev–Trinajstić information content (AvgIpc) is 2.77. The number of amides is 1. The predicted octanol–water partition coefficient (Wildman–Crippen LogP) is 1.66. The second-order valence-corrected chi connectivity index (χ2v) is 8.61. The van der Waals surface area contributed by atoms with Crippen LogP contribution in [0.5, 0.6) is 0 Å². The zero-order valence-electron chi connectivity index (χ0n) is 15.1. The Bertz CT molecular complexity index is 692. The fourth-order valence-electron chi connectivity index (χ4n) is 3.03. The number of fused-ring (bicyclic) bond motifs is 1. The van der Waals surface area contributed by atoms with E-state index in [0.29, 0.717) is 37.4 Å². The van der Waals surface area contributed by atoms with Crippen LogP contribution in [0.3, 0.4) is 0 Å². The number of hydrogen-bond acceptors (Lipinski definition) is 6. The molecule has 3 rings (SSSR count).